The summed E-state index contributed by atoms with van der Waals surface area (Å²) in [5, 5.41) is 0. The van der Waals surface area contributed by atoms with Gasteiger partial charge in [0.15, 0.2) is 0 Å². The van der Waals surface area contributed by atoms with E-state index in [1.54, 1.807) is 6.92 Å². The van der Waals surface area contributed by atoms with Crippen molar-refractivity contribution in [1.82, 2.24) is 0 Å². The molecule has 2 nitrogen and oxygen atoms in total. The molecular weight excluding hydrogens is 159 g/mol. The van der Waals surface area contributed by atoms with Crippen LogP contribution in [0.2, 0.25) is 0 Å². The lowest BCUT2D eigenvalue weighted by molar-refractivity contribution is -0.139. The summed E-state index contributed by atoms with van der Waals surface area (Å²) in [7, 11) is -0.203. The van der Waals surface area contributed by atoms with Gasteiger partial charge >= 0.3 is 5.97 Å². The molecular formula is C8H15O2P. The molecule has 0 aliphatic rings. The number of esters is 1. The monoisotopic (exact) mass is 174 g/mol. The quantitative estimate of drug-likeness (QED) is 0.372. The van der Waals surface area contributed by atoms with E-state index in [0.29, 0.717) is 5.57 Å². The van der Waals surface area contributed by atoms with Gasteiger partial charge in [-0.05, 0) is 27.2 Å². The molecule has 1 atom stereocenters. The van der Waals surface area contributed by atoms with E-state index in [-0.39, 0.29) is 19.7 Å². The highest BCUT2D eigenvalue weighted by atomic mass is 31.1. The van der Waals surface area contributed by atoms with E-state index in [9.17, 15) is 4.79 Å². The molecule has 0 aromatic heterocycles. The maximum Gasteiger partial charge on any atom is 0.333 e. The van der Waals surface area contributed by atoms with E-state index in [1.807, 2.05) is 6.92 Å². The van der Waals surface area contributed by atoms with Crippen LogP contribution in [0, 0.1) is 0 Å². The number of carbonyl (C=O) groups is 1. The van der Waals surface area contributed by atoms with Crippen LogP contribution < -0.4 is 0 Å². The first kappa shape index (κ1) is 10.6. The van der Waals surface area contributed by atoms with Gasteiger partial charge < -0.3 is 4.74 Å². The lowest BCUT2D eigenvalue weighted by Gasteiger charge is -2.16. The summed E-state index contributed by atoms with van der Waals surface area (Å²) in [6, 6.07) is 0. The third kappa shape index (κ3) is 4.15. The highest BCUT2D eigenvalue weighted by Crippen LogP contribution is 2.32. The molecule has 64 valence electrons. The molecule has 0 saturated heterocycles. The van der Waals surface area contributed by atoms with E-state index >= 15 is 0 Å². The molecule has 1 unspecified atom stereocenters. The van der Waals surface area contributed by atoms with Crippen LogP contribution in [0.3, 0.4) is 0 Å². The summed E-state index contributed by atoms with van der Waals surface area (Å²) >= 11 is 0. The summed E-state index contributed by atoms with van der Waals surface area (Å²) < 4.78 is 5.06. The van der Waals surface area contributed by atoms with Gasteiger partial charge in [-0.15, -0.1) is 0 Å². The zero-order valence-electron chi connectivity index (χ0n) is 7.55. The molecule has 0 aliphatic carbocycles. The second-order valence-corrected chi connectivity index (χ2v) is 5.40. The van der Waals surface area contributed by atoms with Crippen molar-refractivity contribution >= 4 is 13.9 Å². The van der Waals surface area contributed by atoms with Gasteiger partial charge in [-0.2, -0.15) is 0 Å². The molecule has 0 aromatic rings. The van der Waals surface area contributed by atoms with Crippen molar-refractivity contribution in [2.75, 3.05) is 13.3 Å². The van der Waals surface area contributed by atoms with Crippen molar-refractivity contribution in [3.63, 3.8) is 0 Å². The third-order valence-corrected chi connectivity index (χ3v) is 2.91. The van der Waals surface area contributed by atoms with Crippen molar-refractivity contribution in [2.45, 2.75) is 19.7 Å². The molecule has 0 rings (SSSR count). The molecule has 0 spiro atoms. The van der Waals surface area contributed by atoms with Crippen LogP contribution in [0.25, 0.3) is 0 Å². The van der Waals surface area contributed by atoms with Gasteiger partial charge in [0.1, 0.15) is 5.85 Å². The molecule has 0 bridgehead atoms. The summed E-state index contributed by atoms with van der Waals surface area (Å²) in [5.41, 5.74) is 0.466. The summed E-state index contributed by atoms with van der Waals surface area (Å²) in [6.07, 6.45) is 0. The fourth-order valence-electron chi connectivity index (χ4n) is 0.361. The lowest BCUT2D eigenvalue weighted by Crippen LogP contribution is -2.12. The van der Waals surface area contributed by atoms with Crippen molar-refractivity contribution < 1.29 is 9.53 Å². The minimum absolute atomic E-state index is 0.0363. The first-order valence-corrected chi connectivity index (χ1v) is 5.78. The Balaban J connectivity index is 3.85. The predicted octanol–water partition coefficient (Wildman–Crippen LogP) is 2.19. The average molecular weight is 174 g/mol. The maximum atomic E-state index is 10.9. The maximum absolute atomic E-state index is 10.9. The van der Waals surface area contributed by atoms with Gasteiger partial charge in [0.2, 0.25) is 0 Å². The van der Waals surface area contributed by atoms with Gasteiger partial charge in [-0.3, -0.25) is 0 Å². The van der Waals surface area contributed by atoms with Gasteiger partial charge in [0, 0.05) is 5.57 Å². The highest BCUT2D eigenvalue weighted by molar-refractivity contribution is 7.56. The Morgan fingerprint density at radius 2 is 2.00 bits per heavy atom. The van der Waals surface area contributed by atoms with Crippen molar-refractivity contribution in [3.05, 3.63) is 12.2 Å². The molecule has 11 heavy (non-hydrogen) atoms. The fourth-order valence-corrected chi connectivity index (χ4v) is 0.667. The summed E-state index contributed by atoms with van der Waals surface area (Å²) in [6.45, 7) is 11.2. The van der Waals surface area contributed by atoms with E-state index in [1.165, 1.54) is 0 Å². The topological polar surface area (TPSA) is 26.3 Å². The Morgan fingerprint density at radius 3 is 2.27 bits per heavy atom. The second kappa shape index (κ2) is 4.50. The van der Waals surface area contributed by atoms with Crippen LogP contribution in [0.4, 0.5) is 0 Å². The minimum Gasteiger partial charge on any atom is -0.455 e. The Morgan fingerprint density at radius 1 is 1.55 bits per heavy atom. The largest absolute Gasteiger partial charge is 0.455 e. The minimum atomic E-state index is -0.284. The number of ether oxygens (including phenoxy) is 1. The molecule has 0 heterocycles. The zero-order valence-corrected chi connectivity index (χ0v) is 8.44. The van der Waals surface area contributed by atoms with Crippen molar-refractivity contribution in [2.24, 2.45) is 0 Å². The molecule has 0 amide bonds. The molecule has 0 saturated carbocycles. The third-order valence-electron chi connectivity index (χ3n) is 1.35. The van der Waals surface area contributed by atoms with E-state index in [0.717, 1.165) is 0 Å². The Bertz CT molecular complexity index is 163. The molecule has 0 fully saturated rings. The SMILES string of the molecule is C=C(C)C(=O)OC(C)P(C)C. The standard InChI is InChI=1S/C8H15O2P/c1-6(2)8(9)10-7(3)11(4)5/h7H,1H2,2-5H3. The molecule has 0 N–H and O–H groups in total. The van der Waals surface area contributed by atoms with Gasteiger partial charge in [0.05, 0.1) is 0 Å². The van der Waals surface area contributed by atoms with Crippen LogP contribution in [0.1, 0.15) is 13.8 Å². The van der Waals surface area contributed by atoms with E-state index in [2.05, 4.69) is 19.9 Å². The Hall–Kier alpha value is -0.360. The number of carbonyl (C=O) groups excluding carboxylic acids is 1. The average Bonchev–Trinajstić information content (AvgIpc) is 1.87. The van der Waals surface area contributed by atoms with Crippen LogP contribution in [0.15, 0.2) is 12.2 Å². The van der Waals surface area contributed by atoms with Crippen molar-refractivity contribution in [1.29, 1.82) is 0 Å². The zero-order chi connectivity index (χ0) is 9.02. The van der Waals surface area contributed by atoms with Crippen LogP contribution in [-0.4, -0.2) is 25.1 Å². The number of hydrogen-bond donors (Lipinski definition) is 0. The molecule has 0 radical (unpaired) electrons. The first-order chi connectivity index (χ1) is 4.95. The van der Waals surface area contributed by atoms with Crippen LogP contribution in [-0.2, 0) is 9.53 Å². The highest BCUT2D eigenvalue weighted by Gasteiger charge is 2.12. The van der Waals surface area contributed by atoms with Gasteiger partial charge in [0.25, 0.3) is 0 Å². The fraction of sp³-hybridized carbons (Fsp3) is 0.625. The Labute approximate surface area is 69.4 Å². The molecule has 0 aromatic carbocycles. The molecule has 0 aliphatic heterocycles. The number of hydrogen-bond acceptors (Lipinski definition) is 2. The van der Waals surface area contributed by atoms with Crippen molar-refractivity contribution in [3.8, 4) is 0 Å². The predicted molar refractivity (Wildman–Crippen MR) is 49.1 cm³/mol. The number of rotatable bonds is 3. The van der Waals surface area contributed by atoms with Gasteiger partial charge in [-0.1, -0.05) is 14.5 Å². The molecule has 3 heteroatoms. The Kier molecular flexibility index (Phi) is 4.36. The van der Waals surface area contributed by atoms with Crippen LogP contribution >= 0.6 is 7.92 Å². The summed E-state index contributed by atoms with van der Waals surface area (Å²) in [4.78, 5) is 10.9. The normalized spacial score (nSPS) is 12.8. The first-order valence-electron chi connectivity index (χ1n) is 3.48. The lowest BCUT2D eigenvalue weighted by atomic mass is 10.4. The smallest absolute Gasteiger partial charge is 0.333 e. The second-order valence-electron chi connectivity index (χ2n) is 2.75. The van der Waals surface area contributed by atoms with E-state index < -0.39 is 0 Å². The van der Waals surface area contributed by atoms with E-state index in [4.69, 9.17) is 4.74 Å². The van der Waals surface area contributed by atoms with Gasteiger partial charge in [-0.25, -0.2) is 4.79 Å². The van der Waals surface area contributed by atoms with Crippen LogP contribution in [0.5, 0.6) is 0 Å². The summed E-state index contributed by atoms with van der Waals surface area (Å²) in [5.74, 6) is -0.247.